The van der Waals surface area contributed by atoms with Gasteiger partial charge >= 0.3 is 0 Å². The summed E-state index contributed by atoms with van der Waals surface area (Å²) in [5.74, 6) is 0.880. The van der Waals surface area contributed by atoms with E-state index in [1.807, 2.05) is 24.3 Å². The molecule has 0 heterocycles. The molecule has 0 atom stereocenters. The number of ether oxygens (including phenoxy) is 2. The minimum Gasteiger partial charge on any atom is -0.491 e. The number of hydrogen-bond donors (Lipinski definition) is 1. The van der Waals surface area contributed by atoms with Gasteiger partial charge in [0.15, 0.2) is 0 Å². The molecule has 0 radical (unpaired) electrons. The second-order valence-corrected chi connectivity index (χ2v) is 4.44. The van der Waals surface area contributed by atoms with Crippen LogP contribution in [0.4, 0.5) is 0 Å². The zero-order chi connectivity index (χ0) is 11.9. The standard InChI is InChI=1S/C14H21NO2/c15-11-12-5-1-4-8-14(12)17-10-9-16-13-6-2-3-7-13/h1,4-5,8,13H,2-3,6-7,9-11,15H2. The molecule has 1 aromatic carbocycles. The zero-order valence-corrected chi connectivity index (χ0v) is 10.2. The quantitative estimate of drug-likeness (QED) is 0.770. The van der Waals surface area contributed by atoms with E-state index in [-0.39, 0.29) is 0 Å². The van der Waals surface area contributed by atoms with Gasteiger partial charge in [0, 0.05) is 12.1 Å². The van der Waals surface area contributed by atoms with E-state index in [4.69, 9.17) is 15.2 Å². The van der Waals surface area contributed by atoms with Crippen LogP contribution < -0.4 is 10.5 Å². The number of rotatable bonds is 6. The average Bonchev–Trinajstić information content (AvgIpc) is 2.88. The van der Waals surface area contributed by atoms with Crippen LogP contribution >= 0.6 is 0 Å². The lowest BCUT2D eigenvalue weighted by Crippen LogP contribution is -2.14. The van der Waals surface area contributed by atoms with Gasteiger partial charge in [-0.15, -0.1) is 0 Å². The minimum atomic E-state index is 0.461. The highest BCUT2D eigenvalue weighted by Crippen LogP contribution is 2.21. The van der Waals surface area contributed by atoms with Crippen molar-refractivity contribution in [2.45, 2.75) is 38.3 Å². The minimum absolute atomic E-state index is 0.461. The fourth-order valence-electron chi connectivity index (χ4n) is 2.23. The van der Waals surface area contributed by atoms with Gasteiger partial charge < -0.3 is 15.2 Å². The molecule has 17 heavy (non-hydrogen) atoms. The Balaban J connectivity index is 1.70. The zero-order valence-electron chi connectivity index (χ0n) is 10.2. The maximum Gasteiger partial charge on any atom is 0.123 e. The first-order chi connectivity index (χ1) is 8.40. The maximum absolute atomic E-state index is 5.74. The van der Waals surface area contributed by atoms with Crippen molar-refractivity contribution in [2.75, 3.05) is 13.2 Å². The van der Waals surface area contributed by atoms with Crippen LogP contribution in [-0.4, -0.2) is 19.3 Å². The van der Waals surface area contributed by atoms with Crippen molar-refractivity contribution >= 4 is 0 Å². The van der Waals surface area contributed by atoms with Crippen LogP contribution in [0.15, 0.2) is 24.3 Å². The number of para-hydroxylation sites is 1. The fraction of sp³-hybridized carbons (Fsp3) is 0.571. The Labute approximate surface area is 103 Å². The van der Waals surface area contributed by atoms with Crippen molar-refractivity contribution in [3.63, 3.8) is 0 Å². The van der Waals surface area contributed by atoms with Gasteiger partial charge in [-0.05, 0) is 18.9 Å². The predicted molar refractivity (Wildman–Crippen MR) is 68.0 cm³/mol. The monoisotopic (exact) mass is 235 g/mol. The molecule has 0 unspecified atom stereocenters. The lowest BCUT2D eigenvalue weighted by atomic mass is 10.2. The second-order valence-electron chi connectivity index (χ2n) is 4.44. The molecule has 2 N–H and O–H groups in total. The van der Waals surface area contributed by atoms with Crippen molar-refractivity contribution < 1.29 is 9.47 Å². The van der Waals surface area contributed by atoms with Gasteiger partial charge in [-0.25, -0.2) is 0 Å². The largest absolute Gasteiger partial charge is 0.491 e. The van der Waals surface area contributed by atoms with Gasteiger partial charge in [-0.3, -0.25) is 0 Å². The fourth-order valence-corrected chi connectivity index (χ4v) is 2.23. The molecule has 1 aromatic rings. The second kappa shape index (κ2) is 6.62. The van der Waals surface area contributed by atoms with Crippen LogP contribution in [-0.2, 0) is 11.3 Å². The summed E-state index contributed by atoms with van der Waals surface area (Å²) in [5, 5.41) is 0. The van der Waals surface area contributed by atoms with Gasteiger partial charge in [-0.2, -0.15) is 0 Å². The highest BCUT2D eigenvalue weighted by molar-refractivity contribution is 5.32. The van der Waals surface area contributed by atoms with Gasteiger partial charge in [0.2, 0.25) is 0 Å². The summed E-state index contributed by atoms with van der Waals surface area (Å²) in [6.07, 6.45) is 5.49. The number of hydrogen-bond acceptors (Lipinski definition) is 3. The van der Waals surface area contributed by atoms with Crippen LogP contribution in [0.25, 0.3) is 0 Å². The summed E-state index contributed by atoms with van der Waals surface area (Å²) >= 11 is 0. The summed E-state index contributed by atoms with van der Waals surface area (Å²) < 4.78 is 11.4. The molecule has 0 amide bonds. The van der Waals surface area contributed by atoms with Crippen LogP contribution in [0.3, 0.4) is 0 Å². The third-order valence-electron chi connectivity index (χ3n) is 3.19. The Morgan fingerprint density at radius 1 is 1.12 bits per heavy atom. The average molecular weight is 235 g/mol. The van der Waals surface area contributed by atoms with Crippen molar-refractivity contribution in [3.8, 4) is 5.75 Å². The molecule has 0 aliphatic heterocycles. The third kappa shape index (κ3) is 3.72. The van der Waals surface area contributed by atoms with Crippen molar-refractivity contribution in [2.24, 2.45) is 5.73 Å². The normalized spacial score (nSPS) is 16.3. The maximum atomic E-state index is 5.74. The lowest BCUT2D eigenvalue weighted by Gasteiger charge is -2.13. The Morgan fingerprint density at radius 2 is 1.88 bits per heavy atom. The molecule has 1 saturated carbocycles. The summed E-state index contributed by atoms with van der Waals surface area (Å²) in [7, 11) is 0. The summed E-state index contributed by atoms with van der Waals surface area (Å²) in [6, 6.07) is 7.89. The number of benzene rings is 1. The van der Waals surface area contributed by atoms with E-state index in [2.05, 4.69) is 0 Å². The molecule has 3 heteroatoms. The Hall–Kier alpha value is -1.06. The van der Waals surface area contributed by atoms with Gasteiger partial charge in [0.05, 0.1) is 12.7 Å². The van der Waals surface area contributed by atoms with E-state index in [1.54, 1.807) is 0 Å². The molecule has 1 aliphatic rings. The molecule has 0 aromatic heterocycles. The van der Waals surface area contributed by atoms with Crippen molar-refractivity contribution in [1.29, 1.82) is 0 Å². The van der Waals surface area contributed by atoms with Gasteiger partial charge in [0.1, 0.15) is 12.4 Å². The Bertz CT molecular complexity index is 335. The highest BCUT2D eigenvalue weighted by Gasteiger charge is 2.14. The molecule has 0 saturated heterocycles. The molecule has 0 bridgehead atoms. The number of nitrogens with two attached hydrogens (primary N) is 1. The molecular weight excluding hydrogens is 214 g/mol. The molecule has 94 valence electrons. The highest BCUT2D eigenvalue weighted by atomic mass is 16.5. The van der Waals surface area contributed by atoms with Crippen LogP contribution in [0.1, 0.15) is 31.2 Å². The Morgan fingerprint density at radius 3 is 2.65 bits per heavy atom. The SMILES string of the molecule is NCc1ccccc1OCCOC1CCCC1. The molecule has 0 spiro atoms. The van der Waals surface area contributed by atoms with Gasteiger partial charge in [0.25, 0.3) is 0 Å². The lowest BCUT2D eigenvalue weighted by molar-refractivity contribution is 0.0380. The van der Waals surface area contributed by atoms with Crippen molar-refractivity contribution in [1.82, 2.24) is 0 Å². The smallest absolute Gasteiger partial charge is 0.123 e. The van der Waals surface area contributed by atoms with Crippen LogP contribution in [0.5, 0.6) is 5.75 Å². The molecule has 2 rings (SSSR count). The summed E-state index contributed by atoms with van der Waals surface area (Å²) in [5.41, 5.74) is 6.69. The van der Waals surface area contributed by atoms with Crippen molar-refractivity contribution in [3.05, 3.63) is 29.8 Å². The van der Waals surface area contributed by atoms with E-state index in [9.17, 15) is 0 Å². The van der Waals surface area contributed by atoms with E-state index in [0.717, 1.165) is 11.3 Å². The van der Waals surface area contributed by atoms with Crippen LogP contribution in [0, 0.1) is 0 Å². The van der Waals surface area contributed by atoms with E-state index >= 15 is 0 Å². The molecule has 1 aliphatic carbocycles. The first-order valence-corrected chi connectivity index (χ1v) is 6.42. The summed E-state index contributed by atoms with van der Waals surface area (Å²) in [4.78, 5) is 0. The van der Waals surface area contributed by atoms with E-state index in [1.165, 1.54) is 25.7 Å². The first-order valence-electron chi connectivity index (χ1n) is 6.42. The molecule has 1 fully saturated rings. The molecule has 3 nitrogen and oxygen atoms in total. The molecular formula is C14H21NO2. The van der Waals surface area contributed by atoms with Gasteiger partial charge in [-0.1, -0.05) is 31.0 Å². The van der Waals surface area contributed by atoms with E-state index < -0.39 is 0 Å². The third-order valence-corrected chi connectivity index (χ3v) is 3.19. The van der Waals surface area contributed by atoms with Crippen LogP contribution in [0.2, 0.25) is 0 Å². The Kier molecular flexibility index (Phi) is 4.83. The summed E-state index contributed by atoms with van der Waals surface area (Å²) in [6.45, 7) is 1.79. The predicted octanol–water partition coefficient (Wildman–Crippen LogP) is 2.48. The van der Waals surface area contributed by atoms with E-state index in [0.29, 0.717) is 25.9 Å². The topological polar surface area (TPSA) is 44.5 Å². The first kappa shape index (κ1) is 12.4.